The topological polar surface area (TPSA) is 62.3 Å². The summed E-state index contributed by atoms with van der Waals surface area (Å²) in [5, 5.41) is 0. The van der Waals surface area contributed by atoms with Crippen LogP contribution in [0.3, 0.4) is 0 Å². The normalized spacial score (nSPS) is 21.3. The molecule has 0 bridgehead atoms. The van der Waals surface area contributed by atoms with Gasteiger partial charge in [-0.15, -0.1) is 0 Å². The van der Waals surface area contributed by atoms with Crippen LogP contribution in [0.25, 0.3) is 0 Å². The van der Waals surface area contributed by atoms with Gasteiger partial charge in [0.15, 0.2) is 0 Å². The molecule has 27 heavy (non-hydrogen) atoms. The van der Waals surface area contributed by atoms with Crippen molar-refractivity contribution in [1.82, 2.24) is 9.80 Å². The quantitative estimate of drug-likeness (QED) is 0.808. The highest BCUT2D eigenvalue weighted by Gasteiger charge is 2.34. The lowest BCUT2D eigenvalue weighted by Crippen LogP contribution is -2.51. The fourth-order valence-corrected chi connectivity index (χ4v) is 3.18. The molecule has 3 rings (SSSR count). The van der Waals surface area contributed by atoms with Gasteiger partial charge in [-0.1, -0.05) is 0 Å². The number of cyclic esters (lactones) is 1. The third-order valence-electron chi connectivity index (χ3n) is 4.50. The highest BCUT2D eigenvalue weighted by Crippen LogP contribution is 2.22. The molecule has 1 aromatic rings. The molecule has 148 valence electrons. The van der Waals surface area contributed by atoms with Crippen LogP contribution < -0.4 is 4.90 Å². The van der Waals surface area contributed by atoms with Crippen molar-refractivity contribution in [2.45, 2.75) is 32.5 Å². The summed E-state index contributed by atoms with van der Waals surface area (Å²) in [6.07, 6.45) is -0.966. The second-order valence-electron chi connectivity index (χ2n) is 7.86. The average molecular weight is 379 g/mol. The number of benzene rings is 1. The maximum Gasteiger partial charge on any atom is 0.414 e. The molecule has 0 aliphatic carbocycles. The van der Waals surface area contributed by atoms with Crippen molar-refractivity contribution < 1.29 is 23.5 Å². The summed E-state index contributed by atoms with van der Waals surface area (Å²) in [5.74, 6) is -0.342. The smallest absolute Gasteiger partial charge is 0.414 e. The molecular weight excluding hydrogens is 353 g/mol. The van der Waals surface area contributed by atoms with E-state index in [9.17, 15) is 14.0 Å². The van der Waals surface area contributed by atoms with Crippen LogP contribution in [0.1, 0.15) is 20.8 Å². The van der Waals surface area contributed by atoms with Gasteiger partial charge in [0.2, 0.25) is 0 Å². The number of piperazine rings is 1. The van der Waals surface area contributed by atoms with E-state index in [1.54, 1.807) is 17.0 Å². The Hall–Kier alpha value is -2.35. The number of ether oxygens (including phenoxy) is 2. The van der Waals surface area contributed by atoms with E-state index in [-0.39, 0.29) is 18.0 Å². The number of hydrogen-bond donors (Lipinski definition) is 0. The Balaban J connectivity index is 1.48. The number of carbonyl (C=O) groups excluding carboxylic acids is 2. The van der Waals surface area contributed by atoms with Crippen LogP contribution in [-0.2, 0) is 9.47 Å². The van der Waals surface area contributed by atoms with E-state index >= 15 is 0 Å². The summed E-state index contributed by atoms with van der Waals surface area (Å²) in [7, 11) is 0. The zero-order valence-corrected chi connectivity index (χ0v) is 16.0. The lowest BCUT2D eigenvalue weighted by molar-refractivity contribution is 0.0113. The molecule has 1 aromatic carbocycles. The molecule has 1 atom stereocenters. The van der Waals surface area contributed by atoms with Gasteiger partial charge in [0.1, 0.15) is 17.5 Å². The van der Waals surface area contributed by atoms with E-state index in [4.69, 9.17) is 9.47 Å². The highest BCUT2D eigenvalue weighted by molar-refractivity contribution is 5.89. The summed E-state index contributed by atoms with van der Waals surface area (Å²) >= 11 is 0. The van der Waals surface area contributed by atoms with E-state index in [1.807, 2.05) is 20.8 Å². The first-order valence-corrected chi connectivity index (χ1v) is 9.15. The van der Waals surface area contributed by atoms with Gasteiger partial charge in [-0.3, -0.25) is 9.80 Å². The van der Waals surface area contributed by atoms with Gasteiger partial charge in [-0.2, -0.15) is 0 Å². The molecule has 2 saturated heterocycles. The van der Waals surface area contributed by atoms with Crippen molar-refractivity contribution in [2.75, 3.05) is 44.2 Å². The standard InChI is InChI=1S/C19H26FN3O4/c1-19(2,3)27-17(24)22-10-8-21(9-11-22)12-16-13-23(18(25)26-16)15-6-4-14(20)5-7-15/h4-7,16H,8-13H2,1-3H3/t16-/m0/s1. The molecule has 0 aromatic heterocycles. The second kappa shape index (κ2) is 7.72. The Morgan fingerprint density at radius 3 is 2.41 bits per heavy atom. The molecule has 2 aliphatic rings. The lowest BCUT2D eigenvalue weighted by Gasteiger charge is -2.36. The van der Waals surface area contributed by atoms with Gasteiger partial charge in [0.25, 0.3) is 0 Å². The van der Waals surface area contributed by atoms with Crippen molar-refractivity contribution >= 4 is 17.9 Å². The SMILES string of the molecule is CC(C)(C)OC(=O)N1CCN(C[C@H]2CN(c3ccc(F)cc3)C(=O)O2)CC1. The molecule has 2 amide bonds. The maximum absolute atomic E-state index is 13.1. The monoisotopic (exact) mass is 379 g/mol. The van der Waals surface area contributed by atoms with Crippen LogP contribution in [0.2, 0.25) is 0 Å². The first kappa shape index (κ1) is 19.4. The predicted molar refractivity (Wildman–Crippen MR) is 98.3 cm³/mol. The minimum absolute atomic E-state index is 0.254. The number of carbonyl (C=O) groups is 2. The second-order valence-corrected chi connectivity index (χ2v) is 7.86. The molecule has 8 heteroatoms. The Morgan fingerprint density at radius 2 is 1.81 bits per heavy atom. The molecular formula is C19H26FN3O4. The van der Waals surface area contributed by atoms with Gasteiger partial charge in [0, 0.05) is 38.4 Å². The van der Waals surface area contributed by atoms with Crippen molar-refractivity contribution in [3.8, 4) is 0 Å². The Kier molecular flexibility index (Phi) is 5.55. The Labute approximate surface area is 158 Å². The van der Waals surface area contributed by atoms with Crippen LogP contribution in [-0.4, -0.2) is 73.0 Å². The molecule has 0 unspecified atom stereocenters. The van der Waals surface area contributed by atoms with Gasteiger partial charge >= 0.3 is 12.2 Å². The van der Waals surface area contributed by atoms with Crippen molar-refractivity contribution in [3.63, 3.8) is 0 Å². The van der Waals surface area contributed by atoms with E-state index in [0.717, 1.165) is 0 Å². The number of anilines is 1. The number of amides is 2. The van der Waals surface area contributed by atoms with Gasteiger partial charge in [0.05, 0.1) is 6.54 Å². The van der Waals surface area contributed by atoms with Crippen LogP contribution in [0.4, 0.5) is 19.7 Å². The number of hydrogen-bond acceptors (Lipinski definition) is 5. The predicted octanol–water partition coefficient (Wildman–Crippen LogP) is 2.70. The van der Waals surface area contributed by atoms with Gasteiger partial charge in [-0.25, -0.2) is 14.0 Å². The Bertz CT molecular complexity index is 681. The van der Waals surface area contributed by atoms with Gasteiger partial charge < -0.3 is 14.4 Å². The van der Waals surface area contributed by atoms with E-state index in [2.05, 4.69) is 4.90 Å². The largest absolute Gasteiger partial charge is 0.444 e. The molecule has 2 fully saturated rings. The van der Waals surface area contributed by atoms with Crippen molar-refractivity contribution in [3.05, 3.63) is 30.1 Å². The van der Waals surface area contributed by atoms with Crippen molar-refractivity contribution in [1.29, 1.82) is 0 Å². The minimum atomic E-state index is -0.504. The fraction of sp³-hybridized carbons (Fsp3) is 0.579. The van der Waals surface area contributed by atoms with Crippen LogP contribution >= 0.6 is 0 Å². The third-order valence-corrected chi connectivity index (χ3v) is 4.50. The number of rotatable bonds is 3. The fourth-order valence-electron chi connectivity index (χ4n) is 3.18. The lowest BCUT2D eigenvalue weighted by atomic mass is 10.2. The number of halogens is 1. The van der Waals surface area contributed by atoms with E-state index in [0.29, 0.717) is 45.0 Å². The third kappa shape index (κ3) is 5.09. The number of nitrogens with zero attached hydrogens (tertiary/aromatic N) is 3. The molecule has 2 heterocycles. The highest BCUT2D eigenvalue weighted by atomic mass is 19.1. The molecule has 2 aliphatic heterocycles. The first-order valence-electron chi connectivity index (χ1n) is 9.15. The molecule has 7 nitrogen and oxygen atoms in total. The minimum Gasteiger partial charge on any atom is -0.444 e. The zero-order chi connectivity index (χ0) is 19.6. The average Bonchev–Trinajstić information content (AvgIpc) is 2.95. The van der Waals surface area contributed by atoms with Crippen molar-refractivity contribution in [2.24, 2.45) is 0 Å². The Morgan fingerprint density at radius 1 is 1.19 bits per heavy atom. The summed E-state index contributed by atoms with van der Waals surface area (Å²) in [6, 6.07) is 5.79. The van der Waals surface area contributed by atoms with E-state index < -0.39 is 11.7 Å². The summed E-state index contributed by atoms with van der Waals surface area (Å²) < 4.78 is 23.9. The molecule has 0 N–H and O–H groups in total. The molecule has 0 radical (unpaired) electrons. The van der Waals surface area contributed by atoms with Crippen LogP contribution in [0.15, 0.2) is 24.3 Å². The summed E-state index contributed by atoms with van der Waals surface area (Å²) in [5.41, 5.74) is 0.120. The van der Waals surface area contributed by atoms with Gasteiger partial charge in [-0.05, 0) is 45.0 Å². The van der Waals surface area contributed by atoms with E-state index in [1.165, 1.54) is 17.0 Å². The molecule has 0 saturated carbocycles. The summed E-state index contributed by atoms with van der Waals surface area (Å²) in [6.45, 7) is 9.14. The van der Waals surface area contributed by atoms with Crippen LogP contribution in [0.5, 0.6) is 0 Å². The maximum atomic E-state index is 13.1. The van der Waals surface area contributed by atoms with Crippen LogP contribution in [0, 0.1) is 5.82 Å². The zero-order valence-electron chi connectivity index (χ0n) is 16.0. The molecule has 0 spiro atoms. The first-order chi connectivity index (χ1) is 12.7. The summed E-state index contributed by atoms with van der Waals surface area (Å²) in [4.78, 5) is 29.6.